The summed E-state index contributed by atoms with van der Waals surface area (Å²) >= 11 is 0. The van der Waals surface area contributed by atoms with E-state index in [1.807, 2.05) is 30.3 Å². The van der Waals surface area contributed by atoms with E-state index < -0.39 is 20.0 Å². The largest absolute Gasteiger partial charge is 0.270 e. The molecule has 2 aromatic rings. The number of anilines is 1. The summed E-state index contributed by atoms with van der Waals surface area (Å²) in [5.74, 6) is 0.128. The Morgan fingerprint density at radius 2 is 1.65 bits per heavy atom. The highest BCUT2D eigenvalue weighted by molar-refractivity contribution is 7.92. The lowest BCUT2D eigenvalue weighted by Gasteiger charge is -2.28. The van der Waals surface area contributed by atoms with Gasteiger partial charge in [0.05, 0.1) is 16.3 Å². The van der Waals surface area contributed by atoms with Crippen LogP contribution in [0.1, 0.15) is 31.4 Å². The van der Waals surface area contributed by atoms with Crippen LogP contribution in [0.15, 0.2) is 59.5 Å². The summed E-state index contributed by atoms with van der Waals surface area (Å²) in [6.07, 6.45) is 1.46. The minimum atomic E-state index is -3.70. The van der Waals surface area contributed by atoms with Gasteiger partial charge in [0.15, 0.2) is 0 Å². The Bertz CT molecular complexity index is 956. The number of rotatable bonds is 5. The lowest BCUT2D eigenvalue weighted by atomic mass is 10.1. The summed E-state index contributed by atoms with van der Waals surface area (Å²) in [6, 6.07) is 14.9. The third-order valence-electron chi connectivity index (χ3n) is 4.42. The Hall–Kier alpha value is -1.90. The number of hydrogen-bond acceptors (Lipinski definition) is 4. The average molecular weight is 395 g/mol. The summed E-state index contributed by atoms with van der Waals surface area (Å²) < 4.78 is 53.5. The standard InChI is InChI=1S/C18H22N2O4S2/c1-15(16-7-3-2-4-8-16)19-26(23,24)18-11-9-17(10-12-18)20-13-5-6-14-25(20,21)22/h2-4,7-12,15,19H,5-6,13-14H2,1H3/t15-/m1/s1. The molecule has 1 aliphatic heterocycles. The van der Waals surface area contributed by atoms with Crippen LogP contribution >= 0.6 is 0 Å². The molecule has 0 aliphatic carbocycles. The van der Waals surface area contributed by atoms with Gasteiger partial charge in [0.25, 0.3) is 0 Å². The second-order valence-electron chi connectivity index (χ2n) is 6.34. The van der Waals surface area contributed by atoms with E-state index in [0.717, 1.165) is 12.0 Å². The molecule has 1 heterocycles. The van der Waals surface area contributed by atoms with Crippen LogP contribution in [0, 0.1) is 0 Å². The van der Waals surface area contributed by atoms with Crippen LogP contribution in [-0.2, 0) is 20.0 Å². The first-order valence-corrected chi connectivity index (χ1v) is 11.6. The Balaban J connectivity index is 1.79. The van der Waals surface area contributed by atoms with Gasteiger partial charge in [-0.25, -0.2) is 21.6 Å². The first-order chi connectivity index (χ1) is 12.3. The van der Waals surface area contributed by atoms with Crippen LogP contribution in [0.5, 0.6) is 0 Å². The van der Waals surface area contributed by atoms with Gasteiger partial charge in [0, 0.05) is 12.6 Å². The van der Waals surface area contributed by atoms with Crippen LogP contribution in [-0.4, -0.2) is 29.1 Å². The van der Waals surface area contributed by atoms with Gasteiger partial charge in [0.1, 0.15) is 0 Å². The van der Waals surface area contributed by atoms with E-state index in [9.17, 15) is 16.8 Å². The second kappa shape index (κ2) is 7.38. The highest BCUT2D eigenvalue weighted by atomic mass is 32.2. The van der Waals surface area contributed by atoms with Crippen LogP contribution in [0.2, 0.25) is 0 Å². The molecule has 0 radical (unpaired) electrons. The summed E-state index contributed by atoms with van der Waals surface area (Å²) in [7, 11) is -7.01. The van der Waals surface area contributed by atoms with E-state index in [2.05, 4.69) is 4.72 Å². The molecule has 8 heteroatoms. The Labute approximate surface area is 155 Å². The molecule has 1 atom stereocenters. The average Bonchev–Trinajstić information content (AvgIpc) is 2.62. The van der Waals surface area contributed by atoms with Gasteiger partial charge >= 0.3 is 0 Å². The zero-order valence-electron chi connectivity index (χ0n) is 14.5. The van der Waals surface area contributed by atoms with E-state index in [1.165, 1.54) is 16.4 Å². The fourth-order valence-corrected chi connectivity index (χ4v) is 5.85. The number of hydrogen-bond donors (Lipinski definition) is 1. The summed E-state index contributed by atoms with van der Waals surface area (Å²) in [4.78, 5) is 0.110. The van der Waals surface area contributed by atoms with E-state index >= 15 is 0 Å². The SMILES string of the molecule is C[C@@H](NS(=O)(=O)c1ccc(N2CCCCS2(=O)=O)cc1)c1ccccc1. The number of nitrogens with zero attached hydrogens (tertiary/aromatic N) is 1. The van der Waals surface area contributed by atoms with Crippen LogP contribution in [0.3, 0.4) is 0 Å². The van der Waals surface area contributed by atoms with Crippen molar-refractivity contribution in [3.05, 3.63) is 60.2 Å². The first-order valence-electron chi connectivity index (χ1n) is 8.47. The zero-order valence-corrected chi connectivity index (χ0v) is 16.1. The molecule has 0 amide bonds. The maximum absolute atomic E-state index is 12.6. The minimum Gasteiger partial charge on any atom is -0.270 e. The molecule has 140 valence electrons. The molecule has 0 spiro atoms. The maximum Gasteiger partial charge on any atom is 0.241 e. The van der Waals surface area contributed by atoms with E-state index in [-0.39, 0.29) is 16.7 Å². The van der Waals surface area contributed by atoms with Gasteiger partial charge in [0.2, 0.25) is 20.0 Å². The van der Waals surface area contributed by atoms with Crippen molar-refractivity contribution < 1.29 is 16.8 Å². The predicted molar refractivity (Wildman–Crippen MR) is 102 cm³/mol. The molecule has 0 aromatic heterocycles. The number of nitrogens with one attached hydrogen (secondary N) is 1. The number of sulfonamides is 2. The fourth-order valence-electron chi connectivity index (χ4n) is 2.98. The topological polar surface area (TPSA) is 83.6 Å². The van der Waals surface area contributed by atoms with Crippen LogP contribution < -0.4 is 9.03 Å². The van der Waals surface area contributed by atoms with Crippen molar-refractivity contribution in [1.29, 1.82) is 0 Å². The maximum atomic E-state index is 12.6. The Morgan fingerprint density at radius 1 is 1.00 bits per heavy atom. The van der Waals surface area contributed by atoms with Crippen LogP contribution in [0.4, 0.5) is 5.69 Å². The summed E-state index contributed by atoms with van der Waals surface area (Å²) in [5, 5.41) is 0. The molecule has 2 aromatic carbocycles. The van der Waals surface area contributed by atoms with E-state index in [0.29, 0.717) is 18.7 Å². The second-order valence-corrected chi connectivity index (χ2v) is 10.1. The Morgan fingerprint density at radius 3 is 2.27 bits per heavy atom. The minimum absolute atomic E-state index is 0.110. The van der Waals surface area contributed by atoms with Crippen molar-refractivity contribution in [2.45, 2.75) is 30.7 Å². The van der Waals surface area contributed by atoms with Crippen molar-refractivity contribution in [3.8, 4) is 0 Å². The molecule has 0 unspecified atom stereocenters. The van der Waals surface area contributed by atoms with Crippen LogP contribution in [0.25, 0.3) is 0 Å². The van der Waals surface area contributed by atoms with E-state index in [4.69, 9.17) is 0 Å². The van der Waals surface area contributed by atoms with E-state index in [1.54, 1.807) is 19.1 Å². The molecule has 1 fully saturated rings. The molecular weight excluding hydrogens is 372 g/mol. The lowest BCUT2D eigenvalue weighted by Crippen LogP contribution is -2.37. The van der Waals surface area contributed by atoms with Gasteiger partial charge in [-0.15, -0.1) is 0 Å². The molecule has 1 saturated heterocycles. The third-order valence-corrected chi connectivity index (χ3v) is 7.84. The smallest absolute Gasteiger partial charge is 0.241 e. The normalized spacial score (nSPS) is 18.4. The summed E-state index contributed by atoms with van der Waals surface area (Å²) in [5.41, 5.74) is 1.37. The van der Waals surface area contributed by atoms with Crippen molar-refractivity contribution >= 4 is 25.7 Å². The van der Waals surface area contributed by atoms with Crippen molar-refractivity contribution in [1.82, 2.24) is 4.72 Å². The van der Waals surface area contributed by atoms with Gasteiger partial charge in [-0.2, -0.15) is 0 Å². The van der Waals surface area contributed by atoms with Crippen molar-refractivity contribution in [3.63, 3.8) is 0 Å². The predicted octanol–water partition coefficient (Wildman–Crippen LogP) is 2.66. The molecule has 6 nitrogen and oxygen atoms in total. The quantitative estimate of drug-likeness (QED) is 0.845. The lowest BCUT2D eigenvalue weighted by molar-refractivity contribution is 0.567. The molecule has 26 heavy (non-hydrogen) atoms. The summed E-state index contributed by atoms with van der Waals surface area (Å²) in [6.45, 7) is 2.21. The highest BCUT2D eigenvalue weighted by Gasteiger charge is 2.26. The van der Waals surface area contributed by atoms with Crippen molar-refractivity contribution in [2.75, 3.05) is 16.6 Å². The fraction of sp³-hybridized carbons (Fsp3) is 0.333. The molecule has 1 N–H and O–H groups in total. The zero-order chi connectivity index (χ0) is 18.8. The molecule has 0 bridgehead atoms. The number of benzene rings is 2. The first kappa shape index (κ1) is 18.9. The molecule has 0 saturated carbocycles. The highest BCUT2D eigenvalue weighted by Crippen LogP contribution is 2.25. The van der Waals surface area contributed by atoms with Gasteiger partial charge < -0.3 is 0 Å². The molecule has 3 rings (SSSR count). The monoisotopic (exact) mass is 394 g/mol. The molecular formula is C18H22N2O4S2. The van der Waals surface area contributed by atoms with Crippen molar-refractivity contribution in [2.24, 2.45) is 0 Å². The Kier molecular flexibility index (Phi) is 5.36. The van der Waals surface area contributed by atoms with Gasteiger partial charge in [-0.05, 0) is 49.6 Å². The third kappa shape index (κ3) is 4.08. The molecule has 1 aliphatic rings. The van der Waals surface area contributed by atoms with Gasteiger partial charge in [-0.1, -0.05) is 30.3 Å². The van der Waals surface area contributed by atoms with Gasteiger partial charge in [-0.3, -0.25) is 4.31 Å².